The van der Waals surface area contributed by atoms with Crippen LogP contribution in [-0.2, 0) is 0 Å². The van der Waals surface area contributed by atoms with Crippen LogP contribution in [0.15, 0.2) is 16.9 Å². The van der Waals surface area contributed by atoms with Crippen LogP contribution >= 0.6 is 0 Å². The maximum absolute atomic E-state index is 11.3. The Bertz CT molecular complexity index is 272. The predicted molar refractivity (Wildman–Crippen MR) is 49.8 cm³/mol. The fourth-order valence-electron chi connectivity index (χ4n) is 1.07. The first-order valence-corrected chi connectivity index (χ1v) is 4.60. The summed E-state index contributed by atoms with van der Waals surface area (Å²) in [6.45, 7) is 2.22. The molecule has 0 aliphatic heterocycles. The lowest BCUT2D eigenvalue weighted by Gasteiger charge is -2.09. The monoisotopic (exact) mass is 198 g/mol. The van der Waals surface area contributed by atoms with Crippen molar-refractivity contribution in [2.45, 2.75) is 25.9 Å². The molecule has 1 amide bonds. The van der Waals surface area contributed by atoms with E-state index in [9.17, 15) is 9.90 Å². The summed E-state index contributed by atoms with van der Waals surface area (Å²) in [4.78, 5) is 11.3. The van der Waals surface area contributed by atoms with Gasteiger partial charge in [-0.2, -0.15) is 0 Å². The van der Waals surface area contributed by atoms with E-state index in [-0.39, 0.29) is 18.1 Å². The molecule has 0 fully saturated rings. The number of aliphatic hydroxyl groups is 1. The van der Waals surface area contributed by atoms with Crippen molar-refractivity contribution >= 4 is 5.91 Å². The number of hydrogen-bond donors (Lipinski definition) is 2. The van der Waals surface area contributed by atoms with Crippen LogP contribution in [0.25, 0.3) is 0 Å². The fourth-order valence-corrected chi connectivity index (χ4v) is 1.07. The van der Waals surface area contributed by atoms with E-state index in [0.29, 0.717) is 6.42 Å². The van der Waals surface area contributed by atoms with E-state index in [1.807, 2.05) is 6.92 Å². The lowest BCUT2D eigenvalue weighted by atomic mass is 10.2. The molecule has 0 aromatic carbocycles. The van der Waals surface area contributed by atoms with Crippen molar-refractivity contribution in [3.8, 4) is 0 Å². The second-order valence-electron chi connectivity index (χ2n) is 3.04. The first-order valence-electron chi connectivity index (χ1n) is 4.60. The number of nitrogens with one attached hydrogen (secondary N) is 1. The SMILES string of the molecule is CCCC(O)CNC(=O)c1ccon1. The zero-order chi connectivity index (χ0) is 10.4. The van der Waals surface area contributed by atoms with E-state index in [0.717, 1.165) is 6.42 Å². The van der Waals surface area contributed by atoms with Crippen molar-refractivity contribution in [2.75, 3.05) is 6.54 Å². The number of amides is 1. The molecule has 2 N–H and O–H groups in total. The van der Waals surface area contributed by atoms with Gasteiger partial charge in [-0.1, -0.05) is 18.5 Å². The van der Waals surface area contributed by atoms with E-state index in [1.165, 1.54) is 12.3 Å². The normalized spacial score (nSPS) is 12.4. The number of carbonyl (C=O) groups excluding carboxylic acids is 1. The molecule has 1 atom stereocenters. The van der Waals surface area contributed by atoms with E-state index in [2.05, 4.69) is 15.0 Å². The minimum atomic E-state index is -0.490. The van der Waals surface area contributed by atoms with E-state index in [4.69, 9.17) is 0 Å². The Hall–Kier alpha value is -1.36. The summed E-state index contributed by atoms with van der Waals surface area (Å²) >= 11 is 0. The van der Waals surface area contributed by atoms with Crippen LogP contribution in [0.3, 0.4) is 0 Å². The van der Waals surface area contributed by atoms with Crippen molar-refractivity contribution in [2.24, 2.45) is 0 Å². The fraction of sp³-hybridized carbons (Fsp3) is 0.556. The average Bonchev–Trinajstić information content (AvgIpc) is 2.67. The number of hydrogen-bond acceptors (Lipinski definition) is 4. The van der Waals surface area contributed by atoms with Gasteiger partial charge in [0.15, 0.2) is 5.69 Å². The number of nitrogens with zero attached hydrogens (tertiary/aromatic N) is 1. The van der Waals surface area contributed by atoms with Crippen molar-refractivity contribution in [1.29, 1.82) is 0 Å². The van der Waals surface area contributed by atoms with Gasteiger partial charge in [-0.05, 0) is 6.42 Å². The predicted octanol–water partition coefficient (Wildman–Crippen LogP) is 0.565. The second kappa shape index (κ2) is 5.39. The maximum atomic E-state index is 11.3. The van der Waals surface area contributed by atoms with Crippen LogP contribution in [0.2, 0.25) is 0 Å². The highest BCUT2D eigenvalue weighted by atomic mass is 16.5. The molecule has 1 aromatic heterocycles. The smallest absolute Gasteiger partial charge is 0.273 e. The molecule has 1 rings (SSSR count). The number of rotatable bonds is 5. The summed E-state index contributed by atoms with van der Waals surface area (Å²) < 4.78 is 4.52. The van der Waals surface area contributed by atoms with Gasteiger partial charge in [0.05, 0.1) is 6.10 Å². The first kappa shape index (κ1) is 10.7. The Labute approximate surface area is 82.1 Å². The van der Waals surface area contributed by atoms with Crippen molar-refractivity contribution in [3.63, 3.8) is 0 Å². The van der Waals surface area contributed by atoms with Crippen LogP contribution < -0.4 is 5.32 Å². The van der Waals surface area contributed by atoms with Gasteiger partial charge in [0.1, 0.15) is 6.26 Å². The van der Waals surface area contributed by atoms with Gasteiger partial charge in [-0.15, -0.1) is 0 Å². The quantitative estimate of drug-likeness (QED) is 0.725. The zero-order valence-corrected chi connectivity index (χ0v) is 8.06. The lowest BCUT2D eigenvalue weighted by molar-refractivity contribution is 0.0901. The van der Waals surface area contributed by atoms with Crippen molar-refractivity contribution in [3.05, 3.63) is 18.0 Å². The molecular formula is C9H14N2O3. The van der Waals surface area contributed by atoms with Crippen molar-refractivity contribution in [1.82, 2.24) is 10.5 Å². The molecule has 5 heteroatoms. The summed E-state index contributed by atoms with van der Waals surface area (Å²) in [7, 11) is 0. The molecule has 78 valence electrons. The Morgan fingerprint density at radius 3 is 3.14 bits per heavy atom. The first-order chi connectivity index (χ1) is 6.74. The summed E-state index contributed by atoms with van der Waals surface area (Å²) in [5, 5.41) is 15.4. The summed E-state index contributed by atoms with van der Waals surface area (Å²) in [5.74, 6) is -0.325. The van der Waals surface area contributed by atoms with Gasteiger partial charge in [-0.25, -0.2) is 0 Å². The van der Waals surface area contributed by atoms with Gasteiger partial charge >= 0.3 is 0 Å². The average molecular weight is 198 g/mol. The standard InChI is InChI=1S/C9H14N2O3/c1-2-3-7(12)6-10-9(13)8-4-5-14-11-8/h4-5,7,12H,2-3,6H2,1H3,(H,10,13). The highest BCUT2D eigenvalue weighted by molar-refractivity contribution is 5.91. The molecule has 14 heavy (non-hydrogen) atoms. The number of aromatic nitrogens is 1. The third kappa shape index (κ3) is 3.18. The minimum Gasteiger partial charge on any atom is -0.391 e. The third-order valence-corrected chi connectivity index (χ3v) is 1.79. The lowest BCUT2D eigenvalue weighted by Crippen LogP contribution is -2.32. The Balaban J connectivity index is 2.28. The largest absolute Gasteiger partial charge is 0.391 e. The van der Waals surface area contributed by atoms with Gasteiger partial charge < -0.3 is 14.9 Å². The zero-order valence-electron chi connectivity index (χ0n) is 8.06. The number of aliphatic hydroxyl groups excluding tert-OH is 1. The number of carbonyl (C=O) groups is 1. The minimum absolute atomic E-state index is 0.230. The highest BCUT2D eigenvalue weighted by Crippen LogP contribution is 1.96. The Kier molecular flexibility index (Phi) is 4.12. The Morgan fingerprint density at radius 1 is 1.79 bits per heavy atom. The molecule has 0 bridgehead atoms. The molecule has 1 unspecified atom stereocenters. The topological polar surface area (TPSA) is 75.4 Å². The summed E-state index contributed by atoms with van der Waals surface area (Å²) in [6, 6.07) is 1.47. The van der Waals surface area contributed by atoms with Gasteiger partial charge in [-0.3, -0.25) is 4.79 Å². The summed E-state index contributed by atoms with van der Waals surface area (Å²) in [5.41, 5.74) is 0.230. The van der Waals surface area contributed by atoms with Crippen LogP contribution in [0.4, 0.5) is 0 Å². The third-order valence-electron chi connectivity index (χ3n) is 1.79. The van der Waals surface area contributed by atoms with Crippen LogP contribution in [-0.4, -0.2) is 28.8 Å². The molecule has 0 radical (unpaired) electrons. The maximum Gasteiger partial charge on any atom is 0.273 e. The van der Waals surface area contributed by atoms with E-state index >= 15 is 0 Å². The van der Waals surface area contributed by atoms with Crippen LogP contribution in [0.1, 0.15) is 30.3 Å². The molecule has 0 spiro atoms. The summed E-state index contributed by atoms with van der Waals surface area (Å²) in [6.07, 6.45) is 2.41. The molecule has 1 heterocycles. The van der Waals surface area contributed by atoms with Crippen LogP contribution in [0, 0.1) is 0 Å². The second-order valence-corrected chi connectivity index (χ2v) is 3.04. The molecule has 5 nitrogen and oxygen atoms in total. The van der Waals surface area contributed by atoms with E-state index in [1.54, 1.807) is 0 Å². The highest BCUT2D eigenvalue weighted by Gasteiger charge is 2.10. The Morgan fingerprint density at radius 2 is 2.57 bits per heavy atom. The molecule has 1 aromatic rings. The molecule has 0 aliphatic carbocycles. The van der Waals surface area contributed by atoms with Crippen LogP contribution in [0.5, 0.6) is 0 Å². The van der Waals surface area contributed by atoms with Gasteiger partial charge in [0.2, 0.25) is 0 Å². The van der Waals surface area contributed by atoms with Crippen molar-refractivity contribution < 1.29 is 14.4 Å². The molecule has 0 saturated heterocycles. The molecule has 0 saturated carbocycles. The van der Waals surface area contributed by atoms with E-state index < -0.39 is 6.10 Å². The van der Waals surface area contributed by atoms with Gasteiger partial charge in [0, 0.05) is 12.6 Å². The van der Waals surface area contributed by atoms with Gasteiger partial charge in [0.25, 0.3) is 5.91 Å². The molecular weight excluding hydrogens is 184 g/mol. The molecule has 0 aliphatic rings.